The number of nitrogens with two attached hydrogens (primary N) is 1. The van der Waals surface area contributed by atoms with Crippen molar-refractivity contribution in [2.24, 2.45) is 11.7 Å². The van der Waals surface area contributed by atoms with Crippen molar-refractivity contribution in [1.82, 2.24) is 15.2 Å². The molecule has 260 valence electrons. The molecule has 1 atom stereocenters. The number of pyridine rings is 1. The number of nitrogen functional groups attached to an aromatic ring is 1. The lowest BCUT2D eigenvalue weighted by Crippen LogP contribution is -2.44. The van der Waals surface area contributed by atoms with E-state index in [1.807, 2.05) is 30.3 Å². The highest BCUT2D eigenvalue weighted by molar-refractivity contribution is 6.10. The third-order valence-electron chi connectivity index (χ3n) is 7.91. The van der Waals surface area contributed by atoms with Crippen LogP contribution < -0.4 is 21.1 Å². The molecule has 0 unspecified atom stereocenters. The number of ether oxygens (including phenoxy) is 2. The number of hydrogen-bond donors (Lipinski definition) is 5. The Hall–Kier alpha value is -6.04. The molecule has 4 aromatic rings. The second-order valence-corrected chi connectivity index (χ2v) is 12.3. The fourth-order valence-electron chi connectivity index (χ4n) is 5.24. The number of likely N-dealkylation sites (N-methyl/N-ethyl adjacent to an activating group) is 1. The van der Waals surface area contributed by atoms with E-state index < -0.39 is 17.8 Å². The van der Waals surface area contributed by atoms with Crippen molar-refractivity contribution in [3.63, 3.8) is 0 Å². The van der Waals surface area contributed by atoms with E-state index in [1.54, 1.807) is 67.4 Å². The molecule has 6 N–H and O–H groups in total. The zero-order valence-electron chi connectivity index (χ0n) is 28.9. The normalized spacial score (nSPS) is 11.3. The Labute approximate surface area is 292 Å². The highest BCUT2D eigenvalue weighted by Gasteiger charge is 2.25. The van der Waals surface area contributed by atoms with E-state index in [-0.39, 0.29) is 47.1 Å². The molecular formula is C38H43N7O5. The number of hydrogen-bond acceptors (Lipinski definition) is 8. The van der Waals surface area contributed by atoms with E-state index in [4.69, 9.17) is 26.0 Å². The van der Waals surface area contributed by atoms with E-state index in [0.29, 0.717) is 41.2 Å². The molecule has 0 fully saturated rings. The standard InChI is InChI=1S/C38H43N7O5/c1-23(2)19-29(21-45(4)24(3)39)43-36(46)27-13-16-30(32(20-27)38(48)50-22-25-9-7-6-8-10-25)31-17-18-33(49-5)44-34(31)37(47)42-28-14-11-26(12-15-28)35(40)41/h6-18,20,23,29,39H,19,21-22H2,1-5H3,(H3,40,41)(H,42,47)(H,43,46)/t29-/m0/s1. The number of carbonyl (C=O) groups is 3. The molecule has 1 aromatic heterocycles. The lowest BCUT2D eigenvalue weighted by molar-refractivity contribution is 0.0473. The summed E-state index contributed by atoms with van der Waals surface area (Å²) >= 11 is 0. The number of amides is 2. The van der Waals surface area contributed by atoms with Crippen molar-refractivity contribution in [1.29, 1.82) is 10.8 Å². The van der Waals surface area contributed by atoms with Crippen molar-refractivity contribution in [3.05, 3.63) is 113 Å². The summed E-state index contributed by atoms with van der Waals surface area (Å²) < 4.78 is 11.0. The van der Waals surface area contributed by atoms with Crippen LogP contribution in [0.3, 0.4) is 0 Å². The van der Waals surface area contributed by atoms with Crippen LogP contribution in [0.25, 0.3) is 11.1 Å². The molecule has 12 nitrogen and oxygen atoms in total. The van der Waals surface area contributed by atoms with Gasteiger partial charge in [0.05, 0.1) is 18.5 Å². The van der Waals surface area contributed by atoms with Gasteiger partial charge in [-0.25, -0.2) is 9.78 Å². The smallest absolute Gasteiger partial charge is 0.339 e. The zero-order chi connectivity index (χ0) is 36.4. The number of esters is 1. The summed E-state index contributed by atoms with van der Waals surface area (Å²) in [6.45, 7) is 6.24. The third-order valence-corrected chi connectivity index (χ3v) is 7.91. The number of rotatable bonds is 14. The van der Waals surface area contributed by atoms with Crippen molar-refractivity contribution in [3.8, 4) is 17.0 Å². The number of aromatic nitrogens is 1. The quantitative estimate of drug-likeness (QED) is 0.0637. The van der Waals surface area contributed by atoms with Crippen LogP contribution in [0, 0.1) is 16.7 Å². The van der Waals surface area contributed by atoms with Gasteiger partial charge in [-0.15, -0.1) is 0 Å². The summed E-state index contributed by atoms with van der Waals surface area (Å²) in [5.41, 5.74) is 8.17. The van der Waals surface area contributed by atoms with Gasteiger partial charge in [0.25, 0.3) is 11.8 Å². The van der Waals surface area contributed by atoms with Crippen LogP contribution in [0.5, 0.6) is 5.88 Å². The third kappa shape index (κ3) is 9.75. The lowest BCUT2D eigenvalue weighted by Gasteiger charge is -2.27. The molecule has 4 rings (SSSR count). The average molecular weight is 678 g/mol. The molecule has 0 radical (unpaired) electrons. The highest BCUT2D eigenvalue weighted by Crippen LogP contribution is 2.31. The Kier molecular flexibility index (Phi) is 12.4. The highest BCUT2D eigenvalue weighted by atomic mass is 16.5. The molecule has 0 saturated carbocycles. The first-order valence-electron chi connectivity index (χ1n) is 16.1. The van der Waals surface area contributed by atoms with Crippen LogP contribution in [0.15, 0.2) is 84.9 Å². The van der Waals surface area contributed by atoms with Crippen LogP contribution in [0.1, 0.15) is 69.5 Å². The second-order valence-electron chi connectivity index (χ2n) is 12.3. The van der Waals surface area contributed by atoms with Gasteiger partial charge in [0.2, 0.25) is 5.88 Å². The van der Waals surface area contributed by atoms with Crippen molar-refractivity contribution >= 4 is 35.1 Å². The Bertz CT molecular complexity index is 1860. The summed E-state index contributed by atoms with van der Waals surface area (Å²) in [6, 6.07) is 23.2. The molecule has 0 bridgehead atoms. The average Bonchev–Trinajstić information content (AvgIpc) is 3.10. The maximum absolute atomic E-state index is 13.8. The maximum atomic E-state index is 13.8. The van der Waals surface area contributed by atoms with Gasteiger partial charge in [-0.05, 0) is 72.9 Å². The monoisotopic (exact) mass is 677 g/mol. The topological polar surface area (TPSA) is 184 Å². The fourth-order valence-corrected chi connectivity index (χ4v) is 5.24. The Morgan fingerprint density at radius 1 is 0.900 bits per heavy atom. The van der Waals surface area contributed by atoms with Gasteiger partial charge in [0.1, 0.15) is 18.1 Å². The Balaban J connectivity index is 1.74. The summed E-state index contributed by atoms with van der Waals surface area (Å²) in [4.78, 5) is 47.4. The molecule has 0 aliphatic heterocycles. The summed E-state index contributed by atoms with van der Waals surface area (Å²) in [7, 11) is 3.23. The molecule has 0 saturated heterocycles. The summed E-state index contributed by atoms with van der Waals surface area (Å²) in [5.74, 6) is -0.939. The molecule has 2 amide bonds. The van der Waals surface area contributed by atoms with Crippen LogP contribution >= 0.6 is 0 Å². The molecule has 0 aliphatic rings. The molecular weight excluding hydrogens is 634 g/mol. The lowest BCUT2D eigenvalue weighted by atomic mass is 9.95. The zero-order valence-corrected chi connectivity index (χ0v) is 28.9. The first kappa shape index (κ1) is 36.8. The van der Waals surface area contributed by atoms with E-state index in [1.165, 1.54) is 13.2 Å². The molecule has 50 heavy (non-hydrogen) atoms. The summed E-state index contributed by atoms with van der Waals surface area (Å²) in [5, 5.41) is 21.5. The first-order chi connectivity index (χ1) is 23.9. The van der Waals surface area contributed by atoms with Crippen LogP contribution in [-0.2, 0) is 11.3 Å². The van der Waals surface area contributed by atoms with Crippen LogP contribution in [0.2, 0.25) is 0 Å². The van der Waals surface area contributed by atoms with Gasteiger partial charge >= 0.3 is 5.97 Å². The van der Waals surface area contributed by atoms with Crippen LogP contribution in [-0.4, -0.2) is 66.1 Å². The molecule has 12 heteroatoms. The molecule has 1 heterocycles. The minimum atomic E-state index is -0.696. The van der Waals surface area contributed by atoms with E-state index in [9.17, 15) is 14.4 Å². The molecule has 0 spiro atoms. The van der Waals surface area contributed by atoms with Gasteiger partial charge in [0, 0.05) is 48.1 Å². The van der Waals surface area contributed by atoms with E-state index in [2.05, 4.69) is 29.5 Å². The molecule has 0 aliphatic carbocycles. The maximum Gasteiger partial charge on any atom is 0.339 e. The van der Waals surface area contributed by atoms with Crippen molar-refractivity contribution in [2.75, 3.05) is 26.0 Å². The van der Waals surface area contributed by atoms with Crippen molar-refractivity contribution < 1.29 is 23.9 Å². The van der Waals surface area contributed by atoms with Gasteiger partial charge < -0.3 is 30.7 Å². The summed E-state index contributed by atoms with van der Waals surface area (Å²) in [6.07, 6.45) is 0.681. The van der Waals surface area contributed by atoms with Crippen LogP contribution in [0.4, 0.5) is 5.69 Å². The number of methoxy groups -OCH3 is 1. The van der Waals surface area contributed by atoms with Gasteiger partial charge in [-0.2, -0.15) is 0 Å². The van der Waals surface area contributed by atoms with Gasteiger partial charge in [0.15, 0.2) is 0 Å². The minimum absolute atomic E-state index is 0.00816. The van der Waals surface area contributed by atoms with E-state index in [0.717, 1.165) is 5.56 Å². The van der Waals surface area contributed by atoms with Gasteiger partial charge in [-0.3, -0.25) is 20.4 Å². The minimum Gasteiger partial charge on any atom is -0.481 e. The number of benzene rings is 3. The fraction of sp³-hybridized carbons (Fsp3) is 0.263. The first-order valence-corrected chi connectivity index (χ1v) is 16.1. The van der Waals surface area contributed by atoms with Crippen molar-refractivity contribution in [2.45, 2.75) is 39.8 Å². The Morgan fingerprint density at radius 3 is 2.18 bits per heavy atom. The molecule has 3 aromatic carbocycles. The SMILES string of the molecule is COc1ccc(-c2ccc(C(=O)N[C@@H](CC(C)C)CN(C)C(C)=N)cc2C(=O)OCc2ccccc2)c(C(=O)Nc2ccc(C(=N)N)cc2)n1. The second kappa shape index (κ2) is 16.9. The largest absolute Gasteiger partial charge is 0.481 e. The van der Waals surface area contributed by atoms with E-state index >= 15 is 0 Å². The number of nitrogens with zero attached hydrogens (tertiary/aromatic N) is 2. The number of carbonyl (C=O) groups excluding carboxylic acids is 3. The predicted octanol–water partition coefficient (Wildman–Crippen LogP) is 5.72. The number of nitrogens with one attached hydrogen (secondary N) is 4. The number of amidine groups is 2. The van der Waals surface area contributed by atoms with Gasteiger partial charge in [-0.1, -0.05) is 50.2 Å². The predicted molar refractivity (Wildman–Crippen MR) is 194 cm³/mol. The Morgan fingerprint density at radius 2 is 1.56 bits per heavy atom. The number of anilines is 1.